The molecule has 7 nitrogen and oxygen atoms in total. The number of nitrogens with zero attached hydrogens (tertiary/aromatic N) is 1. The van der Waals surface area contributed by atoms with Crippen LogP contribution in [0.1, 0.15) is 45.2 Å². The van der Waals surface area contributed by atoms with Gasteiger partial charge in [0.1, 0.15) is 22.7 Å². The summed E-state index contributed by atoms with van der Waals surface area (Å²) in [6.45, 7) is 5.03. The summed E-state index contributed by atoms with van der Waals surface area (Å²) in [4.78, 5) is 28.7. The Morgan fingerprint density at radius 3 is 3.03 bits per heavy atom. The van der Waals surface area contributed by atoms with E-state index in [9.17, 15) is 9.59 Å². The summed E-state index contributed by atoms with van der Waals surface area (Å²) >= 11 is 1.66. The third kappa shape index (κ3) is 4.06. The van der Waals surface area contributed by atoms with Crippen LogP contribution in [0.4, 0.5) is 5.00 Å². The maximum Gasteiger partial charge on any atom is 0.336 e. The van der Waals surface area contributed by atoms with Gasteiger partial charge in [0.25, 0.3) is 5.91 Å². The van der Waals surface area contributed by atoms with E-state index in [-0.39, 0.29) is 5.91 Å². The first-order valence-corrected chi connectivity index (χ1v) is 11.4. The number of hydrogen-bond acceptors (Lipinski definition) is 7. The van der Waals surface area contributed by atoms with Crippen molar-refractivity contribution in [3.63, 3.8) is 0 Å². The molecule has 0 bridgehead atoms. The van der Waals surface area contributed by atoms with Crippen molar-refractivity contribution >= 4 is 34.3 Å². The lowest BCUT2D eigenvalue weighted by atomic mass is 10.0. The number of nitrogens with one attached hydrogen (secondary N) is 2. The number of ether oxygens (including phenoxy) is 1. The number of rotatable bonds is 5. The number of esters is 1. The first kappa shape index (κ1) is 20.5. The van der Waals surface area contributed by atoms with Crippen molar-refractivity contribution in [1.82, 2.24) is 10.2 Å². The van der Waals surface area contributed by atoms with E-state index < -0.39 is 12.1 Å². The highest BCUT2D eigenvalue weighted by Gasteiger charge is 2.33. The molecule has 0 aliphatic carbocycles. The van der Waals surface area contributed by atoms with Gasteiger partial charge in [0.05, 0.1) is 11.8 Å². The van der Waals surface area contributed by atoms with Crippen LogP contribution in [0.5, 0.6) is 5.75 Å². The van der Waals surface area contributed by atoms with Crippen LogP contribution in [0.15, 0.2) is 53.2 Å². The van der Waals surface area contributed by atoms with Gasteiger partial charge in [0.15, 0.2) is 0 Å². The quantitative estimate of drug-likeness (QED) is 0.345. The highest BCUT2D eigenvalue weighted by molar-refractivity contribution is 7.16. The molecule has 4 heterocycles. The number of amides is 1. The van der Waals surface area contributed by atoms with Gasteiger partial charge in [-0.1, -0.05) is 19.1 Å². The summed E-state index contributed by atoms with van der Waals surface area (Å²) in [7, 11) is 0. The van der Waals surface area contributed by atoms with E-state index in [0.29, 0.717) is 11.5 Å². The van der Waals surface area contributed by atoms with Gasteiger partial charge in [0.2, 0.25) is 0 Å². The number of carbonyl (C=O) groups is 2. The Morgan fingerprint density at radius 2 is 2.22 bits per heavy atom. The minimum absolute atomic E-state index is 0.0602. The lowest BCUT2D eigenvalue weighted by Crippen LogP contribution is -2.38. The van der Waals surface area contributed by atoms with Crippen LogP contribution in [0.2, 0.25) is 0 Å². The predicted octanol–water partition coefficient (Wildman–Crippen LogP) is 4.19. The fourth-order valence-electron chi connectivity index (χ4n) is 4.05. The van der Waals surface area contributed by atoms with Gasteiger partial charge < -0.3 is 19.8 Å². The molecule has 3 aromatic rings. The SMILES string of the molecule is CCN1CCc2c(sc3c2C(=O)NC(c2cccc(OC(=O)/C=C/c4ccco4)c2)N3)C1. The van der Waals surface area contributed by atoms with Gasteiger partial charge in [-0.3, -0.25) is 9.69 Å². The number of carbonyl (C=O) groups excluding carboxylic acids is 2. The number of hydrogen-bond donors (Lipinski definition) is 2. The molecule has 1 aromatic carbocycles. The third-order valence-corrected chi connectivity index (χ3v) is 6.85. The molecule has 1 unspecified atom stereocenters. The fraction of sp³-hybridized carbons (Fsp3) is 0.250. The van der Waals surface area contributed by atoms with E-state index in [1.54, 1.807) is 47.7 Å². The summed E-state index contributed by atoms with van der Waals surface area (Å²) in [6.07, 6.45) is 4.90. The highest BCUT2D eigenvalue weighted by Crippen LogP contribution is 2.40. The Bertz CT molecular complexity index is 1180. The van der Waals surface area contributed by atoms with E-state index in [1.807, 2.05) is 6.07 Å². The zero-order valence-electron chi connectivity index (χ0n) is 17.6. The fourth-order valence-corrected chi connectivity index (χ4v) is 5.36. The second kappa shape index (κ2) is 8.64. The van der Waals surface area contributed by atoms with Crippen LogP contribution in [-0.4, -0.2) is 29.9 Å². The second-order valence-electron chi connectivity index (χ2n) is 7.72. The zero-order valence-corrected chi connectivity index (χ0v) is 18.4. The predicted molar refractivity (Wildman–Crippen MR) is 123 cm³/mol. The molecule has 164 valence electrons. The number of fused-ring (bicyclic) bond motifs is 3. The molecule has 32 heavy (non-hydrogen) atoms. The first-order valence-electron chi connectivity index (χ1n) is 10.6. The van der Waals surface area contributed by atoms with Crippen molar-refractivity contribution in [2.24, 2.45) is 0 Å². The minimum atomic E-state index is -0.507. The molecule has 0 radical (unpaired) electrons. The van der Waals surface area contributed by atoms with Crippen LogP contribution in [0.25, 0.3) is 6.08 Å². The molecule has 2 N–H and O–H groups in total. The molecule has 0 spiro atoms. The molecule has 1 atom stereocenters. The molecular weight excluding hydrogens is 426 g/mol. The van der Waals surface area contributed by atoms with Crippen LogP contribution < -0.4 is 15.4 Å². The van der Waals surface area contributed by atoms with E-state index >= 15 is 0 Å². The van der Waals surface area contributed by atoms with Crippen molar-refractivity contribution in [2.75, 3.05) is 18.4 Å². The topological polar surface area (TPSA) is 83.8 Å². The Kier molecular flexibility index (Phi) is 5.55. The average Bonchev–Trinajstić information content (AvgIpc) is 3.45. The maximum atomic E-state index is 13.0. The summed E-state index contributed by atoms with van der Waals surface area (Å²) in [6, 6.07) is 10.7. The van der Waals surface area contributed by atoms with Gasteiger partial charge in [-0.05, 0) is 54.4 Å². The van der Waals surface area contributed by atoms with Crippen LogP contribution >= 0.6 is 11.3 Å². The molecular formula is C24H23N3O4S. The van der Waals surface area contributed by atoms with E-state index in [2.05, 4.69) is 22.5 Å². The van der Waals surface area contributed by atoms with Crippen molar-refractivity contribution in [3.8, 4) is 5.75 Å². The van der Waals surface area contributed by atoms with Crippen molar-refractivity contribution in [3.05, 3.63) is 76.1 Å². The van der Waals surface area contributed by atoms with Gasteiger partial charge in [-0.2, -0.15) is 0 Å². The first-order chi connectivity index (χ1) is 15.6. The Hall–Kier alpha value is -3.36. The minimum Gasteiger partial charge on any atom is -0.465 e. The average molecular weight is 450 g/mol. The van der Waals surface area contributed by atoms with Crippen LogP contribution in [0, 0.1) is 0 Å². The molecule has 1 amide bonds. The Labute approximate surface area is 189 Å². The molecule has 8 heteroatoms. The number of furan rings is 1. The number of thiophene rings is 1. The summed E-state index contributed by atoms with van der Waals surface area (Å²) in [5.74, 6) is 0.409. The molecule has 2 aromatic heterocycles. The molecule has 0 saturated heterocycles. The number of likely N-dealkylation sites (N-methyl/N-ethyl adjacent to an activating group) is 1. The van der Waals surface area contributed by atoms with Crippen molar-refractivity contribution in [2.45, 2.75) is 26.1 Å². The molecule has 2 aliphatic heterocycles. The lowest BCUT2D eigenvalue weighted by molar-refractivity contribution is -0.128. The van der Waals surface area contributed by atoms with Crippen LogP contribution in [0.3, 0.4) is 0 Å². The van der Waals surface area contributed by atoms with Crippen LogP contribution in [-0.2, 0) is 17.8 Å². The molecule has 2 aliphatic rings. The van der Waals surface area contributed by atoms with E-state index in [1.165, 1.54) is 22.8 Å². The smallest absolute Gasteiger partial charge is 0.336 e. The third-order valence-electron chi connectivity index (χ3n) is 5.70. The largest absolute Gasteiger partial charge is 0.465 e. The molecule has 5 rings (SSSR count). The Balaban J connectivity index is 1.32. The summed E-state index contributed by atoms with van der Waals surface area (Å²) in [5, 5.41) is 7.42. The maximum absolute atomic E-state index is 13.0. The summed E-state index contributed by atoms with van der Waals surface area (Å²) < 4.78 is 10.6. The Morgan fingerprint density at radius 1 is 1.31 bits per heavy atom. The lowest BCUT2D eigenvalue weighted by Gasteiger charge is -2.28. The van der Waals surface area contributed by atoms with Gasteiger partial charge >= 0.3 is 5.97 Å². The standard InChI is InChI=1S/C24H23N3O4S/c1-2-27-11-10-18-19(14-27)32-24-21(18)23(29)25-22(26-24)15-5-3-6-17(13-15)31-20(28)9-8-16-7-4-12-30-16/h3-9,12-13,22,26H,2,10-11,14H2,1H3,(H,25,29)/b9-8+. The monoisotopic (exact) mass is 449 g/mol. The number of anilines is 1. The van der Waals surface area contributed by atoms with Crippen molar-refractivity contribution < 1.29 is 18.7 Å². The second-order valence-corrected chi connectivity index (χ2v) is 8.83. The normalized spacial score (nSPS) is 18.0. The summed E-state index contributed by atoms with van der Waals surface area (Å²) in [5.41, 5.74) is 2.76. The zero-order chi connectivity index (χ0) is 22.1. The van der Waals surface area contributed by atoms with Gasteiger partial charge in [-0.25, -0.2) is 4.79 Å². The molecule has 0 saturated carbocycles. The van der Waals surface area contributed by atoms with E-state index in [0.717, 1.165) is 42.2 Å². The van der Waals surface area contributed by atoms with Crippen molar-refractivity contribution in [1.29, 1.82) is 0 Å². The number of benzene rings is 1. The van der Waals surface area contributed by atoms with E-state index in [4.69, 9.17) is 9.15 Å². The van der Waals surface area contributed by atoms with Gasteiger partial charge in [0, 0.05) is 24.0 Å². The molecule has 0 fully saturated rings. The van der Waals surface area contributed by atoms with Gasteiger partial charge in [-0.15, -0.1) is 11.3 Å². The highest BCUT2D eigenvalue weighted by atomic mass is 32.1.